The Morgan fingerprint density at radius 1 is 1.08 bits per heavy atom. The number of benzene rings is 2. The highest BCUT2D eigenvalue weighted by Gasteiger charge is 2.27. The standard InChI is InChI=1S/C16H16Cl2FN3O3S/c1-21(2)26(24,25)22(15-5-3-13(19)4-6-15)10-16(23)20-14-8-11(17)7-12(18)9-14/h3-9H,10H2,1-2H3,(H,20,23). The number of rotatable bonds is 6. The van der Waals surface area contributed by atoms with E-state index in [4.69, 9.17) is 23.2 Å². The largest absolute Gasteiger partial charge is 0.324 e. The summed E-state index contributed by atoms with van der Waals surface area (Å²) in [5.74, 6) is -1.13. The van der Waals surface area contributed by atoms with Crippen LogP contribution in [0.3, 0.4) is 0 Å². The molecule has 0 spiro atoms. The van der Waals surface area contributed by atoms with E-state index in [0.717, 1.165) is 20.7 Å². The Morgan fingerprint density at radius 2 is 1.62 bits per heavy atom. The van der Waals surface area contributed by atoms with Crippen LogP contribution < -0.4 is 9.62 Å². The Balaban J connectivity index is 2.28. The molecule has 0 aliphatic rings. The number of nitrogens with one attached hydrogen (secondary N) is 1. The SMILES string of the molecule is CN(C)S(=O)(=O)N(CC(=O)Nc1cc(Cl)cc(Cl)c1)c1ccc(F)cc1. The van der Waals surface area contributed by atoms with Crippen LogP contribution in [-0.2, 0) is 15.0 Å². The molecule has 0 aliphatic heterocycles. The molecule has 0 heterocycles. The zero-order valence-electron chi connectivity index (χ0n) is 13.9. The number of halogens is 3. The molecule has 0 saturated heterocycles. The molecule has 2 aromatic rings. The third-order valence-corrected chi connectivity index (χ3v) is 5.54. The molecule has 140 valence electrons. The molecule has 1 amide bonds. The average Bonchev–Trinajstić information content (AvgIpc) is 2.52. The minimum absolute atomic E-state index is 0.152. The summed E-state index contributed by atoms with van der Waals surface area (Å²) in [6.07, 6.45) is 0. The number of carbonyl (C=O) groups is 1. The van der Waals surface area contributed by atoms with E-state index in [0.29, 0.717) is 15.7 Å². The zero-order chi connectivity index (χ0) is 19.5. The first-order valence-corrected chi connectivity index (χ1v) is 9.46. The third kappa shape index (κ3) is 5.07. The number of nitrogens with zero attached hydrogens (tertiary/aromatic N) is 2. The molecular weight excluding hydrogens is 404 g/mol. The molecule has 2 rings (SSSR count). The van der Waals surface area contributed by atoms with Gasteiger partial charge in [-0.3, -0.25) is 4.79 Å². The van der Waals surface area contributed by atoms with Gasteiger partial charge in [0.15, 0.2) is 0 Å². The molecule has 0 radical (unpaired) electrons. The van der Waals surface area contributed by atoms with Gasteiger partial charge in [-0.15, -0.1) is 0 Å². The Kier molecular flexibility index (Phi) is 6.46. The summed E-state index contributed by atoms with van der Waals surface area (Å²) in [6.45, 7) is -0.518. The summed E-state index contributed by atoms with van der Waals surface area (Å²) in [5, 5.41) is 3.19. The molecule has 0 bridgehead atoms. The molecule has 6 nitrogen and oxygen atoms in total. The van der Waals surface area contributed by atoms with Crippen LogP contribution >= 0.6 is 23.2 Å². The van der Waals surface area contributed by atoms with E-state index in [2.05, 4.69) is 5.32 Å². The molecular formula is C16H16Cl2FN3O3S. The Hall–Kier alpha value is -1.87. The lowest BCUT2D eigenvalue weighted by atomic mass is 10.3. The lowest BCUT2D eigenvalue weighted by Gasteiger charge is -2.26. The monoisotopic (exact) mass is 419 g/mol. The summed E-state index contributed by atoms with van der Waals surface area (Å²) >= 11 is 11.8. The van der Waals surface area contributed by atoms with Crippen molar-refractivity contribution in [3.63, 3.8) is 0 Å². The van der Waals surface area contributed by atoms with Gasteiger partial charge in [0.2, 0.25) is 5.91 Å². The fourth-order valence-electron chi connectivity index (χ4n) is 2.07. The number of hydrogen-bond acceptors (Lipinski definition) is 3. The van der Waals surface area contributed by atoms with Crippen molar-refractivity contribution < 1.29 is 17.6 Å². The Labute approximate surface area is 161 Å². The molecule has 0 aliphatic carbocycles. The van der Waals surface area contributed by atoms with Gasteiger partial charge in [-0.2, -0.15) is 12.7 Å². The van der Waals surface area contributed by atoms with Crippen molar-refractivity contribution in [2.24, 2.45) is 0 Å². The quantitative estimate of drug-likeness (QED) is 0.779. The Morgan fingerprint density at radius 3 is 2.12 bits per heavy atom. The maximum Gasteiger partial charge on any atom is 0.304 e. The second-order valence-corrected chi connectivity index (χ2v) is 8.42. The predicted octanol–water partition coefficient (Wildman–Crippen LogP) is 3.38. The molecule has 2 aromatic carbocycles. The van der Waals surface area contributed by atoms with Gasteiger partial charge in [-0.25, -0.2) is 8.70 Å². The fraction of sp³-hybridized carbons (Fsp3) is 0.188. The van der Waals surface area contributed by atoms with Gasteiger partial charge < -0.3 is 5.32 Å². The van der Waals surface area contributed by atoms with Crippen LogP contribution in [0.1, 0.15) is 0 Å². The lowest BCUT2D eigenvalue weighted by Crippen LogP contribution is -2.44. The molecule has 0 unspecified atom stereocenters. The van der Waals surface area contributed by atoms with Gasteiger partial charge >= 0.3 is 10.2 Å². The molecule has 0 saturated carbocycles. The van der Waals surface area contributed by atoms with E-state index >= 15 is 0 Å². The van der Waals surface area contributed by atoms with Crippen LogP contribution in [0, 0.1) is 5.82 Å². The fourth-order valence-corrected chi connectivity index (χ4v) is 3.66. The van der Waals surface area contributed by atoms with E-state index in [1.165, 1.54) is 44.4 Å². The van der Waals surface area contributed by atoms with Gasteiger partial charge in [-0.1, -0.05) is 23.2 Å². The minimum Gasteiger partial charge on any atom is -0.324 e. The topological polar surface area (TPSA) is 69.7 Å². The summed E-state index contributed by atoms with van der Waals surface area (Å²) in [7, 11) is -1.31. The zero-order valence-corrected chi connectivity index (χ0v) is 16.2. The molecule has 0 aromatic heterocycles. The maximum atomic E-state index is 13.1. The van der Waals surface area contributed by atoms with Crippen molar-refractivity contribution in [3.8, 4) is 0 Å². The summed E-state index contributed by atoms with van der Waals surface area (Å²) in [4.78, 5) is 12.4. The second kappa shape index (κ2) is 8.22. The van der Waals surface area contributed by atoms with E-state index in [9.17, 15) is 17.6 Å². The van der Waals surface area contributed by atoms with E-state index in [1.54, 1.807) is 0 Å². The van der Waals surface area contributed by atoms with Crippen molar-refractivity contribution in [1.29, 1.82) is 0 Å². The molecule has 10 heteroatoms. The van der Waals surface area contributed by atoms with Crippen molar-refractivity contribution in [3.05, 3.63) is 58.3 Å². The number of carbonyl (C=O) groups excluding carboxylic acids is 1. The summed E-state index contributed by atoms with van der Waals surface area (Å²) < 4.78 is 40.1. The summed E-state index contributed by atoms with van der Waals surface area (Å²) in [6, 6.07) is 9.24. The van der Waals surface area contributed by atoms with E-state index < -0.39 is 28.5 Å². The molecule has 26 heavy (non-hydrogen) atoms. The van der Waals surface area contributed by atoms with Crippen molar-refractivity contribution in [2.45, 2.75) is 0 Å². The highest BCUT2D eigenvalue weighted by molar-refractivity contribution is 7.90. The second-order valence-electron chi connectivity index (χ2n) is 5.48. The predicted molar refractivity (Wildman–Crippen MR) is 101 cm³/mol. The summed E-state index contributed by atoms with van der Waals surface area (Å²) in [5.41, 5.74) is 0.480. The van der Waals surface area contributed by atoms with Gasteiger partial charge in [0.1, 0.15) is 12.4 Å². The van der Waals surface area contributed by atoms with Crippen molar-refractivity contribution in [2.75, 3.05) is 30.3 Å². The first-order chi connectivity index (χ1) is 12.1. The highest BCUT2D eigenvalue weighted by atomic mass is 35.5. The normalized spacial score (nSPS) is 11.5. The minimum atomic E-state index is -3.98. The number of hydrogen-bond donors (Lipinski definition) is 1. The smallest absolute Gasteiger partial charge is 0.304 e. The van der Waals surface area contributed by atoms with Gasteiger partial charge in [0, 0.05) is 29.8 Å². The van der Waals surface area contributed by atoms with Gasteiger partial charge in [0.25, 0.3) is 0 Å². The van der Waals surface area contributed by atoms with E-state index in [1.807, 2.05) is 0 Å². The highest BCUT2D eigenvalue weighted by Crippen LogP contribution is 2.23. The van der Waals surface area contributed by atoms with Crippen LogP contribution in [0.2, 0.25) is 10.0 Å². The van der Waals surface area contributed by atoms with Crippen LogP contribution in [0.15, 0.2) is 42.5 Å². The average molecular weight is 420 g/mol. The van der Waals surface area contributed by atoms with Crippen molar-refractivity contribution >= 4 is 50.7 Å². The molecule has 0 atom stereocenters. The molecule has 0 fully saturated rings. The number of anilines is 2. The van der Waals surface area contributed by atoms with Crippen LogP contribution in [0.4, 0.5) is 15.8 Å². The van der Waals surface area contributed by atoms with E-state index in [-0.39, 0.29) is 5.69 Å². The van der Waals surface area contributed by atoms with Gasteiger partial charge in [0.05, 0.1) is 5.69 Å². The van der Waals surface area contributed by atoms with Crippen LogP contribution in [0.5, 0.6) is 0 Å². The van der Waals surface area contributed by atoms with Crippen molar-refractivity contribution in [1.82, 2.24) is 4.31 Å². The Bertz CT molecular complexity index is 885. The lowest BCUT2D eigenvalue weighted by molar-refractivity contribution is -0.114. The van der Waals surface area contributed by atoms with Crippen LogP contribution in [0.25, 0.3) is 0 Å². The first-order valence-electron chi connectivity index (χ1n) is 7.31. The van der Waals surface area contributed by atoms with Crippen LogP contribution in [-0.4, -0.2) is 39.3 Å². The molecule has 1 N–H and O–H groups in total. The maximum absolute atomic E-state index is 13.1. The van der Waals surface area contributed by atoms with Gasteiger partial charge in [-0.05, 0) is 42.5 Å². The number of amides is 1. The third-order valence-electron chi connectivity index (χ3n) is 3.29. The first kappa shape index (κ1) is 20.4.